The molecule has 2 aromatic rings. The number of carbonyl (C=O) groups excluding carboxylic acids is 1. The van der Waals surface area contributed by atoms with Crippen LogP contribution in [-0.2, 0) is 11.3 Å². The number of phenols is 1. The molecule has 13 heteroatoms. The van der Waals surface area contributed by atoms with Gasteiger partial charge in [-0.05, 0) is 42.8 Å². The Morgan fingerprint density at radius 2 is 1.85 bits per heavy atom. The van der Waals surface area contributed by atoms with E-state index in [1.807, 2.05) is 0 Å². The molecule has 0 aromatic heterocycles. The highest BCUT2D eigenvalue weighted by atomic mass is 33.1. The van der Waals surface area contributed by atoms with Crippen LogP contribution in [0.3, 0.4) is 0 Å². The molecule has 2 aliphatic heterocycles. The van der Waals surface area contributed by atoms with Gasteiger partial charge in [-0.3, -0.25) is 4.79 Å². The van der Waals surface area contributed by atoms with Gasteiger partial charge in [0.05, 0.1) is 30.8 Å². The minimum Gasteiger partial charge on any atom is -0.506 e. The van der Waals surface area contributed by atoms with Crippen LogP contribution >= 0.6 is 21.6 Å². The number of fused-ring (bicyclic) bond motifs is 3. The fraction of sp³-hybridized carbons (Fsp3) is 0.577. The van der Waals surface area contributed by atoms with Gasteiger partial charge >= 0.3 is 0 Å². The van der Waals surface area contributed by atoms with Gasteiger partial charge < -0.3 is 50.6 Å². The third kappa shape index (κ3) is 5.83. The van der Waals surface area contributed by atoms with E-state index >= 15 is 0 Å². The van der Waals surface area contributed by atoms with Crippen LogP contribution in [0.4, 0.5) is 0 Å². The molecule has 0 radical (unpaired) electrons. The lowest BCUT2D eigenvalue weighted by molar-refractivity contribution is -0.291. The monoisotopic (exact) mass is 585 g/mol. The molecule has 7 atom stereocenters. The van der Waals surface area contributed by atoms with Gasteiger partial charge in [-0.15, -0.1) is 0 Å². The maximum atomic E-state index is 13.2. The molecular weight excluding hydrogens is 550 g/mol. The Labute approximate surface area is 233 Å². The Morgan fingerprint density at radius 3 is 2.51 bits per heavy atom. The van der Waals surface area contributed by atoms with Crippen LogP contribution in [0.2, 0.25) is 0 Å². The number of benzene rings is 2. The zero-order valence-corrected chi connectivity index (χ0v) is 23.3. The lowest BCUT2D eigenvalue weighted by Crippen LogP contribution is -2.63. The molecule has 0 spiro atoms. The van der Waals surface area contributed by atoms with Crippen LogP contribution in [0.1, 0.15) is 34.3 Å². The molecule has 0 saturated carbocycles. The first-order valence-electron chi connectivity index (χ1n) is 12.6. The van der Waals surface area contributed by atoms with Gasteiger partial charge in [0.1, 0.15) is 41.7 Å². The Morgan fingerprint density at radius 1 is 1.10 bits per heavy atom. The molecule has 39 heavy (non-hydrogen) atoms. The number of aromatic hydroxyl groups is 1. The number of aliphatic hydroxyl groups excluding tert-OH is 5. The first-order chi connectivity index (χ1) is 18.6. The van der Waals surface area contributed by atoms with Crippen molar-refractivity contribution in [1.82, 2.24) is 0 Å². The van der Waals surface area contributed by atoms with E-state index in [0.717, 1.165) is 0 Å². The molecule has 216 valence electrons. The van der Waals surface area contributed by atoms with Gasteiger partial charge in [0.15, 0.2) is 5.78 Å². The second kappa shape index (κ2) is 12.8. The van der Waals surface area contributed by atoms with E-state index < -0.39 is 49.3 Å². The van der Waals surface area contributed by atoms with Gasteiger partial charge in [0.25, 0.3) is 0 Å². The van der Waals surface area contributed by atoms with Gasteiger partial charge in [0, 0.05) is 29.6 Å². The summed E-state index contributed by atoms with van der Waals surface area (Å²) in [5, 5.41) is 65.2. The second-order valence-electron chi connectivity index (χ2n) is 9.72. The maximum absolute atomic E-state index is 13.2. The van der Waals surface area contributed by atoms with Gasteiger partial charge in [-0.25, -0.2) is 0 Å². The zero-order chi connectivity index (χ0) is 28.4. The number of aryl methyl sites for hydroxylation is 1. The van der Waals surface area contributed by atoms with Crippen molar-refractivity contribution >= 4 is 38.1 Å². The van der Waals surface area contributed by atoms with Crippen molar-refractivity contribution in [3.05, 3.63) is 28.8 Å². The van der Waals surface area contributed by atoms with Crippen molar-refractivity contribution in [2.24, 2.45) is 11.7 Å². The van der Waals surface area contributed by atoms with E-state index in [4.69, 9.17) is 19.9 Å². The average molecular weight is 586 g/mol. The average Bonchev–Trinajstić information content (AvgIpc) is 2.91. The number of ketones is 1. The summed E-state index contributed by atoms with van der Waals surface area (Å²) in [6, 6.07) is 3.03. The molecule has 0 amide bonds. The molecule has 2 heterocycles. The van der Waals surface area contributed by atoms with E-state index in [1.54, 1.807) is 13.0 Å². The fourth-order valence-corrected chi connectivity index (χ4v) is 7.59. The minimum atomic E-state index is -1.73. The normalized spacial score (nSPS) is 30.4. The Kier molecular flexibility index (Phi) is 9.89. The van der Waals surface area contributed by atoms with E-state index in [0.29, 0.717) is 34.4 Å². The highest BCUT2D eigenvalue weighted by Gasteiger charge is 2.49. The van der Waals surface area contributed by atoms with Gasteiger partial charge in [0.2, 0.25) is 6.29 Å². The summed E-state index contributed by atoms with van der Waals surface area (Å²) < 4.78 is 17.3. The lowest BCUT2D eigenvalue weighted by Gasteiger charge is -2.43. The minimum absolute atomic E-state index is 0.0537. The zero-order valence-electron chi connectivity index (χ0n) is 21.6. The molecule has 4 rings (SSSR count). The lowest BCUT2D eigenvalue weighted by atomic mass is 9.88. The number of methoxy groups -OCH3 is 1. The van der Waals surface area contributed by atoms with Crippen LogP contribution in [0.25, 0.3) is 10.8 Å². The van der Waals surface area contributed by atoms with Crippen molar-refractivity contribution in [2.45, 2.75) is 63.2 Å². The van der Waals surface area contributed by atoms with Crippen LogP contribution in [-0.4, -0.2) is 98.4 Å². The molecular formula is C26H35NO10S2. The van der Waals surface area contributed by atoms with Crippen molar-refractivity contribution < 1.29 is 49.6 Å². The quantitative estimate of drug-likeness (QED) is 0.250. The number of nitrogens with two attached hydrogens (primary N) is 1. The summed E-state index contributed by atoms with van der Waals surface area (Å²) >= 11 is 0. The second-order valence-corrected chi connectivity index (χ2v) is 12.3. The summed E-state index contributed by atoms with van der Waals surface area (Å²) in [7, 11) is 4.25. The van der Waals surface area contributed by atoms with Crippen molar-refractivity contribution in [3.8, 4) is 17.2 Å². The van der Waals surface area contributed by atoms with E-state index in [9.17, 15) is 35.4 Å². The van der Waals surface area contributed by atoms with Crippen LogP contribution in [0.5, 0.6) is 17.2 Å². The van der Waals surface area contributed by atoms with Crippen LogP contribution in [0.15, 0.2) is 12.1 Å². The first-order valence-corrected chi connectivity index (χ1v) is 15.1. The van der Waals surface area contributed by atoms with Crippen LogP contribution < -0.4 is 15.2 Å². The highest BCUT2D eigenvalue weighted by molar-refractivity contribution is 8.76. The number of rotatable bonds is 4. The Balaban J connectivity index is 1.90. The number of aliphatic hydroxyl groups is 5. The number of hydrogen-bond acceptors (Lipinski definition) is 13. The Bertz CT molecular complexity index is 1200. The fourth-order valence-electron chi connectivity index (χ4n) is 5.16. The maximum Gasteiger partial charge on any atom is 0.229 e. The summed E-state index contributed by atoms with van der Waals surface area (Å²) in [5.74, 6) is -0.0477. The van der Waals surface area contributed by atoms with E-state index in [1.165, 1.54) is 34.8 Å². The van der Waals surface area contributed by atoms with Gasteiger partial charge in [-0.2, -0.15) is 0 Å². The standard InChI is InChI=1S/C26H35NO10S2/c1-11-7-13-14(9-28)16(35-2)8-17-19(13)21(31)18(11)15(29)4-6-38-39-10-12(3-5-27)20(30)25-23(33)22(32)24(34)26(36-17)37-25/h7-8,12,20,22-26,28,30-34H,3-6,9-10,27H2,1-2H3/t12-,20-,22+,23+,24-,25-,26+/m1/s1. The first kappa shape index (κ1) is 30.2. The molecule has 8 N–H and O–H groups in total. The summed E-state index contributed by atoms with van der Waals surface area (Å²) in [6.07, 6.45) is -8.68. The Hall–Kier alpha value is -1.81. The van der Waals surface area contributed by atoms with E-state index in [-0.39, 0.29) is 46.9 Å². The molecule has 2 aromatic carbocycles. The topological polar surface area (TPSA) is 192 Å². The van der Waals surface area contributed by atoms with Gasteiger partial charge in [-0.1, -0.05) is 21.6 Å². The number of ether oxygens (including phenoxy) is 3. The predicted molar refractivity (Wildman–Crippen MR) is 147 cm³/mol. The largest absolute Gasteiger partial charge is 0.506 e. The third-order valence-corrected chi connectivity index (χ3v) is 9.78. The summed E-state index contributed by atoms with van der Waals surface area (Å²) in [4.78, 5) is 13.2. The third-order valence-electron chi connectivity index (χ3n) is 7.27. The predicted octanol–water partition coefficient (Wildman–Crippen LogP) is 0.835. The smallest absolute Gasteiger partial charge is 0.229 e. The van der Waals surface area contributed by atoms with Crippen LogP contribution in [0, 0.1) is 12.8 Å². The van der Waals surface area contributed by atoms with E-state index in [2.05, 4.69) is 0 Å². The molecule has 0 aliphatic carbocycles. The van der Waals surface area contributed by atoms with Crippen molar-refractivity contribution in [3.63, 3.8) is 0 Å². The highest BCUT2D eigenvalue weighted by Crippen LogP contribution is 2.45. The van der Waals surface area contributed by atoms with Crippen molar-refractivity contribution in [2.75, 3.05) is 25.2 Å². The number of Topliss-reactive ketones (excluding diaryl/α,β-unsaturated/α-hetero) is 1. The SMILES string of the molecule is COc1cc2c3c(O)c(c(C)cc3c1CO)C(=O)CCSSC[C@@H](CCN)[C@@H](O)[C@H]1O[C@H](O2)[C@H](O)[C@@H](O)[C@@H]1O. The van der Waals surface area contributed by atoms with Crippen molar-refractivity contribution in [1.29, 1.82) is 0 Å². The number of hydrogen-bond donors (Lipinski definition) is 7. The molecule has 0 unspecified atom stereocenters. The molecule has 1 saturated heterocycles. The molecule has 2 aliphatic rings. The molecule has 1 fully saturated rings. The molecule has 4 bridgehead atoms. The summed E-state index contributed by atoms with van der Waals surface area (Å²) in [5.41, 5.74) is 6.71. The number of carbonyl (C=O) groups is 1. The molecule has 11 nitrogen and oxygen atoms in total. The number of phenolic OH excluding ortho intramolecular Hbond substituents is 1. The summed E-state index contributed by atoms with van der Waals surface area (Å²) in [6.45, 7) is 1.51.